The maximum atomic E-state index is 12.4. The first-order chi connectivity index (χ1) is 12.1. The first-order valence-electron chi connectivity index (χ1n) is 8.44. The third kappa shape index (κ3) is 4.80. The van der Waals surface area contributed by atoms with Crippen LogP contribution in [-0.4, -0.2) is 48.3 Å². The van der Waals surface area contributed by atoms with Gasteiger partial charge >= 0.3 is 0 Å². The minimum Gasteiger partial charge on any atom is -0.369 e. The number of nitrogens with zero attached hydrogens (tertiary/aromatic N) is 3. The normalized spacial score (nSPS) is 14.5. The van der Waals surface area contributed by atoms with E-state index >= 15 is 0 Å². The Labute approximate surface area is 159 Å². The van der Waals surface area contributed by atoms with Gasteiger partial charge in [0.05, 0.1) is 10.5 Å². The zero-order valence-electron chi connectivity index (χ0n) is 14.4. The van der Waals surface area contributed by atoms with Crippen LogP contribution in [0.4, 0.5) is 11.4 Å². The molecule has 0 radical (unpaired) electrons. The van der Waals surface area contributed by atoms with E-state index in [0.717, 1.165) is 26.2 Å². The average Bonchev–Trinajstić information content (AvgIpc) is 2.67. The summed E-state index contributed by atoms with van der Waals surface area (Å²) < 4.78 is 0. The lowest BCUT2D eigenvalue weighted by Crippen LogP contribution is -2.46. The number of para-hydroxylation sites is 2. The molecule has 1 aliphatic heterocycles. The van der Waals surface area contributed by atoms with Crippen LogP contribution in [0.2, 0.25) is 0 Å². The fourth-order valence-corrected chi connectivity index (χ4v) is 3.13. The van der Waals surface area contributed by atoms with Crippen molar-refractivity contribution in [1.29, 1.82) is 0 Å². The van der Waals surface area contributed by atoms with Crippen LogP contribution in [0.3, 0.4) is 0 Å². The Bertz CT molecular complexity index is 747. The molecule has 138 valence electrons. The van der Waals surface area contributed by atoms with Gasteiger partial charge in [-0.05, 0) is 18.2 Å². The third-order valence-corrected chi connectivity index (χ3v) is 4.55. The van der Waals surface area contributed by atoms with Crippen LogP contribution in [0.25, 0.3) is 0 Å². The van der Waals surface area contributed by atoms with Gasteiger partial charge in [0.15, 0.2) is 5.78 Å². The van der Waals surface area contributed by atoms with Crippen molar-refractivity contribution in [2.45, 2.75) is 6.42 Å². The quantitative estimate of drug-likeness (QED) is 0.439. The summed E-state index contributed by atoms with van der Waals surface area (Å²) in [4.78, 5) is 27.5. The Kier molecular flexibility index (Phi) is 7.12. The van der Waals surface area contributed by atoms with Crippen molar-refractivity contribution in [3.8, 4) is 0 Å². The van der Waals surface area contributed by atoms with E-state index < -0.39 is 4.92 Å². The number of carbonyl (C=O) groups is 1. The van der Waals surface area contributed by atoms with Crippen LogP contribution in [0.15, 0.2) is 54.6 Å². The second kappa shape index (κ2) is 9.31. The predicted octanol–water partition coefficient (Wildman–Crippen LogP) is 3.41. The van der Waals surface area contributed by atoms with Gasteiger partial charge in [0.25, 0.3) is 5.69 Å². The van der Waals surface area contributed by atoms with Gasteiger partial charge in [0, 0.05) is 50.9 Å². The van der Waals surface area contributed by atoms with Gasteiger partial charge < -0.3 is 4.90 Å². The molecule has 0 saturated carbocycles. The van der Waals surface area contributed by atoms with Gasteiger partial charge in [-0.25, -0.2) is 0 Å². The zero-order chi connectivity index (χ0) is 17.6. The van der Waals surface area contributed by atoms with Crippen LogP contribution in [0.5, 0.6) is 0 Å². The van der Waals surface area contributed by atoms with Crippen molar-refractivity contribution < 1.29 is 9.72 Å². The second-order valence-electron chi connectivity index (χ2n) is 6.11. The highest BCUT2D eigenvalue weighted by Gasteiger charge is 2.21. The summed E-state index contributed by atoms with van der Waals surface area (Å²) in [5.41, 5.74) is 1.31. The summed E-state index contributed by atoms with van der Waals surface area (Å²) in [6.07, 6.45) is 0.302. The number of nitro groups is 1. The van der Waals surface area contributed by atoms with Gasteiger partial charge in [-0.3, -0.25) is 19.8 Å². The summed E-state index contributed by atoms with van der Waals surface area (Å²) in [6, 6.07) is 16.5. The first-order valence-corrected chi connectivity index (χ1v) is 8.44. The average molecular weight is 376 g/mol. The molecule has 0 aliphatic carbocycles. The van der Waals surface area contributed by atoms with Crippen LogP contribution in [0.1, 0.15) is 16.8 Å². The molecule has 2 aromatic rings. The molecule has 0 atom stereocenters. The second-order valence-corrected chi connectivity index (χ2v) is 6.11. The van der Waals surface area contributed by atoms with Gasteiger partial charge in [-0.15, -0.1) is 12.4 Å². The Hall–Kier alpha value is -2.44. The van der Waals surface area contributed by atoms with Gasteiger partial charge in [-0.1, -0.05) is 30.3 Å². The lowest BCUT2D eigenvalue weighted by Gasteiger charge is -2.36. The van der Waals surface area contributed by atoms with Crippen molar-refractivity contribution in [3.63, 3.8) is 0 Å². The third-order valence-electron chi connectivity index (χ3n) is 4.55. The highest BCUT2D eigenvalue weighted by atomic mass is 35.5. The molecule has 1 fully saturated rings. The molecule has 1 heterocycles. The number of nitro benzene ring substituents is 1. The lowest BCUT2D eigenvalue weighted by molar-refractivity contribution is -0.385. The predicted molar refractivity (Wildman–Crippen MR) is 104 cm³/mol. The zero-order valence-corrected chi connectivity index (χ0v) is 15.2. The fourth-order valence-electron chi connectivity index (χ4n) is 3.13. The van der Waals surface area contributed by atoms with Gasteiger partial charge in [-0.2, -0.15) is 0 Å². The molecule has 0 spiro atoms. The maximum Gasteiger partial charge on any atom is 0.280 e. The van der Waals surface area contributed by atoms with E-state index in [4.69, 9.17) is 0 Å². The van der Waals surface area contributed by atoms with E-state index in [2.05, 4.69) is 21.9 Å². The molecule has 0 aromatic heterocycles. The van der Waals surface area contributed by atoms with Crippen LogP contribution >= 0.6 is 12.4 Å². The number of ketones is 1. The molecule has 26 heavy (non-hydrogen) atoms. The largest absolute Gasteiger partial charge is 0.369 e. The Morgan fingerprint density at radius 2 is 1.58 bits per heavy atom. The number of Topliss-reactive ketones (excluding diaryl/α,β-unsaturated/α-hetero) is 1. The summed E-state index contributed by atoms with van der Waals surface area (Å²) in [5, 5.41) is 11.0. The van der Waals surface area contributed by atoms with Gasteiger partial charge in [0.2, 0.25) is 0 Å². The van der Waals surface area contributed by atoms with E-state index in [1.165, 1.54) is 17.8 Å². The van der Waals surface area contributed by atoms with Gasteiger partial charge in [0.1, 0.15) is 0 Å². The lowest BCUT2D eigenvalue weighted by atomic mass is 10.1. The minimum atomic E-state index is -0.494. The Balaban J connectivity index is 0.00000243. The first kappa shape index (κ1) is 19.9. The number of halogens is 1. The molecular weight excluding hydrogens is 354 g/mol. The smallest absolute Gasteiger partial charge is 0.280 e. The molecular formula is C19H22ClN3O3. The van der Waals surface area contributed by atoms with Crippen LogP contribution in [0, 0.1) is 10.1 Å². The van der Waals surface area contributed by atoms with Crippen molar-refractivity contribution in [2.24, 2.45) is 0 Å². The minimum absolute atomic E-state index is 0. The monoisotopic (exact) mass is 375 g/mol. The molecule has 0 N–H and O–H groups in total. The van der Waals surface area contributed by atoms with E-state index in [0.29, 0.717) is 13.0 Å². The van der Waals surface area contributed by atoms with E-state index in [-0.39, 0.29) is 29.4 Å². The number of benzene rings is 2. The Morgan fingerprint density at radius 3 is 2.23 bits per heavy atom. The standard InChI is InChI=1S/C19H21N3O3.ClH/c23-19(17-8-4-5-9-18(17)22(24)25)10-11-20-12-14-21(15-13-20)16-6-2-1-3-7-16;/h1-9H,10-15H2;1H. The maximum absolute atomic E-state index is 12.4. The van der Waals surface area contributed by atoms with Crippen molar-refractivity contribution >= 4 is 29.6 Å². The fraction of sp³-hybridized carbons (Fsp3) is 0.316. The molecule has 1 saturated heterocycles. The molecule has 7 heteroatoms. The van der Waals surface area contributed by atoms with Crippen molar-refractivity contribution in [1.82, 2.24) is 4.90 Å². The highest BCUT2D eigenvalue weighted by Crippen LogP contribution is 2.20. The molecule has 3 rings (SSSR count). The number of carbonyl (C=O) groups excluding carboxylic acids is 1. The summed E-state index contributed by atoms with van der Waals surface area (Å²) in [6.45, 7) is 4.25. The topological polar surface area (TPSA) is 66.7 Å². The molecule has 0 amide bonds. The van der Waals surface area contributed by atoms with E-state index in [1.807, 2.05) is 18.2 Å². The van der Waals surface area contributed by atoms with Crippen LogP contribution in [-0.2, 0) is 0 Å². The highest BCUT2D eigenvalue weighted by molar-refractivity contribution is 5.99. The number of anilines is 1. The summed E-state index contributed by atoms with van der Waals surface area (Å²) >= 11 is 0. The Morgan fingerprint density at radius 1 is 0.962 bits per heavy atom. The number of rotatable bonds is 6. The molecule has 1 aliphatic rings. The van der Waals surface area contributed by atoms with Crippen LogP contribution < -0.4 is 4.90 Å². The number of hydrogen-bond donors (Lipinski definition) is 0. The summed E-state index contributed by atoms with van der Waals surface area (Å²) in [5.74, 6) is -0.169. The van der Waals surface area contributed by atoms with E-state index in [1.54, 1.807) is 12.1 Å². The SMILES string of the molecule is Cl.O=C(CCN1CCN(c2ccccc2)CC1)c1ccccc1[N+](=O)[O-]. The molecule has 6 nitrogen and oxygen atoms in total. The number of piperazine rings is 1. The van der Waals surface area contributed by atoms with E-state index in [9.17, 15) is 14.9 Å². The van der Waals surface area contributed by atoms with Crippen molar-refractivity contribution in [3.05, 3.63) is 70.3 Å². The molecule has 0 unspecified atom stereocenters. The van der Waals surface area contributed by atoms with Crippen molar-refractivity contribution in [2.75, 3.05) is 37.6 Å². The molecule has 2 aromatic carbocycles. The summed E-state index contributed by atoms with van der Waals surface area (Å²) in [7, 11) is 0. The number of hydrogen-bond acceptors (Lipinski definition) is 5. The molecule has 0 bridgehead atoms.